The maximum atomic E-state index is 13.3. The zero-order valence-corrected chi connectivity index (χ0v) is 21.7. The second kappa shape index (κ2) is 11.1. The number of rotatable bonds is 7. The summed E-state index contributed by atoms with van der Waals surface area (Å²) in [5, 5.41) is 24.6. The molecule has 0 unspecified atom stereocenters. The number of urea groups is 1. The van der Waals surface area contributed by atoms with Crippen LogP contribution < -0.4 is 15.0 Å². The van der Waals surface area contributed by atoms with Crippen molar-refractivity contribution in [3.8, 4) is 11.5 Å². The Morgan fingerprint density at radius 3 is 2.25 bits per heavy atom. The smallest absolute Gasteiger partial charge is 0.337 e. The Balaban J connectivity index is 1.73. The van der Waals surface area contributed by atoms with Gasteiger partial charge in [0.2, 0.25) is 5.75 Å². The summed E-state index contributed by atoms with van der Waals surface area (Å²) >= 11 is 3.27. The van der Waals surface area contributed by atoms with E-state index in [9.17, 15) is 39.4 Å². The van der Waals surface area contributed by atoms with Gasteiger partial charge in [0.15, 0.2) is 0 Å². The van der Waals surface area contributed by atoms with Crippen LogP contribution in [0.25, 0.3) is 6.08 Å². The number of imide groups is 2. The molecule has 4 amide bonds. The van der Waals surface area contributed by atoms with E-state index >= 15 is 0 Å². The van der Waals surface area contributed by atoms with E-state index in [1.807, 2.05) is 0 Å². The molecule has 3 aromatic carbocycles. The van der Waals surface area contributed by atoms with E-state index in [1.54, 1.807) is 0 Å². The van der Waals surface area contributed by atoms with Crippen molar-refractivity contribution < 1.29 is 38.5 Å². The number of non-ortho nitro benzene ring substituents is 1. The first kappa shape index (κ1) is 27.6. The molecule has 0 saturated carbocycles. The minimum absolute atomic E-state index is 0.0425. The van der Waals surface area contributed by atoms with Gasteiger partial charge in [0.1, 0.15) is 11.3 Å². The summed E-state index contributed by atoms with van der Waals surface area (Å²) in [5.74, 6) is -3.01. The Morgan fingerprint density at radius 2 is 1.62 bits per heavy atom. The normalized spacial score (nSPS) is 14.1. The molecule has 1 N–H and O–H groups in total. The standard InChI is InChI=1S/C25H15BrN4O10/c1-39-24(33)13-2-5-16(6-3-13)28-23(32)18(22(31)27-25(28)34)11-14-10-15(26)4-8-20(14)40-21-9-7-17(29(35)36)12-19(21)30(37)38/h2-12H,1H3,(H,27,31,34)/b18-11+. The molecular weight excluding hydrogens is 596 g/mol. The summed E-state index contributed by atoms with van der Waals surface area (Å²) in [6.07, 6.45) is 1.12. The minimum atomic E-state index is -1.02. The number of anilines is 1. The zero-order chi connectivity index (χ0) is 29.1. The number of halogens is 1. The van der Waals surface area contributed by atoms with Gasteiger partial charge in [0.25, 0.3) is 17.5 Å². The van der Waals surface area contributed by atoms with Gasteiger partial charge in [-0.3, -0.25) is 35.1 Å². The van der Waals surface area contributed by atoms with Crippen LogP contribution in [-0.4, -0.2) is 40.8 Å². The molecule has 3 aromatic rings. The molecule has 1 aliphatic rings. The van der Waals surface area contributed by atoms with Crippen LogP contribution in [0.3, 0.4) is 0 Å². The van der Waals surface area contributed by atoms with Gasteiger partial charge in [-0.15, -0.1) is 0 Å². The highest BCUT2D eigenvalue weighted by Crippen LogP contribution is 2.37. The summed E-state index contributed by atoms with van der Waals surface area (Å²) in [6.45, 7) is 0. The van der Waals surface area contributed by atoms with E-state index in [-0.39, 0.29) is 28.3 Å². The summed E-state index contributed by atoms with van der Waals surface area (Å²) in [7, 11) is 1.19. The van der Waals surface area contributed by atoms with Crippen molar-refractivity contribution in [1.82, 2.24) is 5.32 Å². The van der Waals surface area contributed by atoms with Gasteiger partial charge < -0.3 is 9.47 Å². The third kappa shape index (κ3) is 5.53. The molecule has 0 aliphatic carbocycles. The molecule has 40 heavy (non-hydrogen) atoms. The second-order valence-electron chi connectivity index (χ2n) is 7.95. The zero-order valence-electron chi connectivity index (χ0n) is 20.2. The molecule has 4 rings (SSSR count). The van der Waals surface area contributed by atoms with Gasteiger partial charge in [-0.2, -0.15) is 0 Å². The summed E-state index contributed by atoms with van der Waals surface area (Å²) in [6, 6.07) is 11.4. The number of carbonyl (C=O) groups excluding carboxylic acids is 4. The van der Waals surface area contributed by atoms with E-state index in [4.69, 9.17) is 4.74 Å². The average Bonchev–Trinajstić information content (AvgIpc) is 2.92. The van der Waals surface area contributed by atoms with Gasteiger partial charge in [-0.25, -0.2) is 14.5 Å². The largest absolute Gasteiger partial charge is 0.465 e. The highest BCUT2D eigenvalue weighted by atomic mass is 79.9. The Morgan fingerprint density at radius 1 is 0.950 bits per heavy atom. The van der Waals surface area contributed by atoms with E-state index in [0.29, 0.717) is 9.37 Å². The molecule has 1 aliphatic heterocycles. The highest BCUT2D eigenvalue weighted by Gasteiger charge is 2.37. The van der Waals surface area contributed by atoms with Gasteiger partial charge >= 0.3 is 17.7 Å². The third-order valence-electron chi connectivity index (χ3n) is 5.49. The fourth-order valence-corrected chi connectivity index (χ4v) is 3.98. The lowest BCUT2D eigenvalue weighted by Crippen LogP contribution is -2.54. The van der Waals surface area contributed by atoms with Crippen molar-refractivity contribution in [3.05, 3.63) is 102 Å². The average molecular weight is 611 g/mol. The summed E-state index contributed by atoms with van der Waals surface area (Å²) in [5.41, 5.74) is -1.35. The first-order valence-corrected chi connectivity index (χ1v) is 11.8. The quantitative estimate of drug-likeness (QED) is 0.131. The SMILES string of the molecule is COC(=O)c1ccc(N2C(=O)NC(=O)/C(=C\c3cc(Br)ccc3Oc3ccc([N+](=O)[O-])cc3[N+](=O)[O-])C2=O)cc1. The predicted molar refractivity (Wildman–Crippen MR) is 141 cm³/mol. The number of nitrogens with zero attached hydrogens (tertiary/aromatic N) is 3. The van der Waals surface area contributed by atoms with Crippen LogP contribution in [0.2, 0.25) is 0 Å². The first-order chi connectivity index (χ1) is 19.0. The molecule has 0 atom stereocenters. The fraction of sp³-hybridized carbons (Fsp3) is 0.0400. The van der Waals surface area contributed by atoms with Crippen molar-refractivity contribution in [2.24, 2.45) is 0 Å². The van der Waals surface area contributed by atoms with Crippen molar-refractivity contribution in [3.63, 3.8) is 0 Å². The van der Waals surface area contributed by atoms with Crippen LogP contribution in [0.4, 0.5) is 21.9 Å². The van der Waals surface area contributed by atoms with E-state index < -0.39 is 50.6 Å². The minimum Gasteiger partial charge on any atom is -0.465 e. The molecule has 1 fully saturated rings. The lowest BCUT2D eigenvalue weighted by atomic mass is 10.1. The predicted octanol–water partition coefficient (Wildman–Crippen LogP) is 4.51. The maximum Gasteiger partial charge on any atom is 0.337 e. The molecule has 15 heteroatoms. The van der Waals surface area contributed by atoms with Crippen molar-refractivity contribution >= 4 is 62.9 Å². The lowest BCUT2D eigenvalue weighted by Gasteiger charge is -2.26. The monoisotopic (exact) mass is 610 g/mol. The molecule has 0 spiro atoms. The number of hydrogen-bond donors (Lipinski definition) is 1. The highest BCUT2D eigenvalue weighted by molar-refractivity contribution is 9.10. The maximum absolute atomic E-state index is 13.3. The Labute approximate surface area is 232 Å². The van der Waals surface area contributed by atoms with Crippen LogP contribution in [0.1, 0.15) is 15.9 Å². The summed E-state index contributed by atoms with van der Waals surface area (Å²) in [4.78, 5) is 71.8. The van der Waals surface area contributed by atoms with Crippen LogP contribution in [0.15, 0.2) is 70.7 Å². The van der Waals surface area contributed by atoms with Crippen molar-refractivity contribution in [2.45, 2.75) is 0 Å². The third-order valence-corrected chi connectivity index (χ3v) is 5.98. The number of nitro groups is 2. The Bertz CT molecular complexity index is 1630. The second-order valence-corrected chi connectivity index (χ2v) is 8.86. The van der Waals surface area contributed by atoms with E-state index in [0.717, 1.165) is 24.3 Å². The molecule has 0 bridgehead atoms. The molecule has 1 saturated heterocycles. The molecule has 14 nitrogen and oxygen atoms in total. The van der Waals surface area contributed by atoms with Crippen LogP contribution in [-0.2, 0) is 14.3 Å². The molecule has 202 valence electrons. The molecule has 0 radical (unpaired) electrons. The number of nitrogens with one attached hydrogen (secondary N) is 1. The summed E-state index contributed by atoms with van der Waals surface area (Å²) < 4.78 is 10.8. The van der Waals surface area contributed by atoms with Gasteiger partial charge in [-0.1, -0.05) is 15.9 Å². The number of barbiturate groups is 1. The van der Waals surface area contributed by atoms with Gasteiger partial charge in [-0.05, 0) is 54.6 Å². The van der Waals surface area contributed by atoms with Crippen molar-refractivity contribution in [2.75, 3.05) is 12.0 Å². The Kier molecular flexibility index (Phi) is 7.67. The fourth-order valence-electron chi connectivity index (χ4n) is 3.60. The number of benzene rings is 3. The number of nitro benzene ring substituents is 2. The first-order valence-electron chi connectivity index (χ1n) is 11.0. The van der Waals surface area contributed by atoms with Gasteiger partial charge in [0, 0.05) is 16.1 Å². The lowest BCUT2D eigenvalue weighted by molar-refractivity contribution is -0.394. The molecular formula is C25H15BrN4O10. The topological polar surface area (TPSA) is 188 Å². The van der Waals surface area contributed by atoms with E-state index in [2.05, 4.69) is 26.0 Å². The number of ether oxygens (including phenoxy) is 2. The number of amides is 4. The number of esters is 1. The molecule has 1 heterocycles. The van der Waals surface area contributed by atoms with E-state index in [1.165, 1.54) is 49.6 Å². The Hall–Kier alpha value is -5.44. The van der Waals surface area contributed by atoms with Crippen molar-refractivity contribution in [1.29, 1.82) is 0 Å². The number of methoxy groups -OCH3 is 1. The number of carbonyl (C=O) groups is 4. The van der Waals surface area contributed by atoms with Crippen LogP contribution >= 0.6 is 15.9 Å². The van der Waals surface area contributed by atoms with Crippen LogP contribution in [0.5, 0.6) is 11.5 Å². The van der Waals surface area contributed by atoms with Crippen LogP contribution in [0, 0.1) is 20.2 Å². The number of hydrogen-bond acceptors (Lipinski definition) is 10. The molecule has 0 aromatic heterocycles. The van der Waals surface area contributed by atoms with Gasteiger partial charge in [0.05, 0.1) is 34.3 Å².